The Morgan fingerprint density at radius 3 is 2.64 bits per heavy atom. The highest BCUT2D eigenvalue weighted by Crippen LogP contribution is 2.31. The summed E-state index contributed by atoms with van der Waals surface area (Å²) in [7, 11) is 0. The smallest absolute Gasteiger partial charge is 0.339 e. The summed E-state index contributed by atoms with van der Waals surface area (Å²) < 4.78 is 20.6. The fraction of sp³-hybridized carbons (Fsp3) is 0.182. The molecule has 142 valence electrons. The van der Waals surface area contributed by atoms with Gasteiger partial charge < -0.3 is 15.2 Å². The zero-order chi connectivity index (χ0) is 19.5. The van der Waals surface area contributed by atoms with Crippen molar-refractivity contribution in [3.8, 4) is 16.9 Å². The SMILES string of the molecule is O=C(O)c1cccnc1Nc1ccc(-c2cccc(OC3CCC3)c2)cc1F. The summed E-state index contributed by atoms with van der Waals surface area (Å²) >= 11 is 0. The van der Waals surface area contributed by atoms with Crippen LogP contribution in [0.5, 0.6) is 5.75 Å². The fourth-order valence-electron chi connectivity index (χ4n) is 3.03. The van der Waals surface area contributed by atoms with Gasteiger partial charge in [0.25, 0.3) is 0 Å². The monoisotopic (exact) mass is 378 g/mol. The number of rotatable bonds is 6. The van der Waals surface area contributed by atoms with Crippen LogP contribution in [-0.2, 0) is 0 Å². The van der Waals surface area contributed by atoms with Crippen LogP contribution in [0.3, 0.4) is 0 Å². The van der Waals surface area contributed by atoms with Crippen LogP contribution in [0.2, 0.25) is 0 Å². The molecule has 0 radical (unpaired) electrons. The topological polar surface area (TPSA) is 71.5 Å². The van der Waals surface area contributed by atoms with Gasteiger partial charge in [0.05, 0.1) is 11.8 Å². The first kappa shape index (κ1) is 18.0. The first-order valence-electron chi connectivity index (χ1n) is 9.12. The van der Waals surface area contributed by atoms with Gasteiger partial charge in [-0.1, -0.05) is 18.2 Å². The first-order chi connectivity index (χ1) is 13.6. The number of anilines is 2. The maximum atomic E-state index is 14.7. The molecular formula is C22H19FN2O3. The summed E-state index contributed by atoms with van der Waals surface area (Å²) in [4.78, 5) is 15.3. The number of aromatic nitrogens is 1. The van der Waals surface area contributed by atoms with Gasteiger partial charge >= 0.3 is 5.97 Å². The van der Waals surface area contributed by atoms with Crippen molar-refractivity contribution in [1.29, 1.82) is 0 Å². The number of ether oxygens (including phenoxy) is 1. The molecule has 1 aliphatic carbocycles. The number of hydrogen-bond donors (Lipinski definition) is 2. The summed E-state index contributed by atoms with van der Waals surface area (Å²) in [5.74, 6) is -0.748. The molecule has 3 aromatic rings. The molecule has 0 saturated heterocycles. The molecule has 0 aliphatic heterocycles. The van der Waals surface area contributed by atoms with Gasteiger partial charge in [0, 0.05) is 6.20 Å². The molecule has 0 amide bonds. The summed E-state index contributed by atoms with van der Waals surface area (Å²) in [6, 6.07) is 15.3. The van der Waals surface area contributed by atoms with Crippen molar-refractivity contribution in [3.05, 3.63) is 72.2 Å². The Balaban J connectivity index is 1.57. The molecule has 0 bridgehead atoms. The van der Waals surface area contributed by atoms with Crippen LogP contribution in [0.15, 0.2) is 60.8 Å². The third-order valence-electron chi connectivity index (χ3n) is 4.78. The van der Waals surface area contributed by atoms with E-state index in [0.29, 0.717) is 5.56 Å². The second kappa shape index (κ2) is 7.68. The van der Waals surface area contributed by atoms with Gasteiger partial charge in [-0.25, -0.2) is 14.2 Å². The molecule has 1 aromatic heterocycles. The van der Waals surface area contributed by atoms with Gasteiger partial charge in [0.2, 0.25) is 0 Å². The number of benzene rings is 2. The van der Waals surface area contributed by atoms with E-state index in [1.165, 1.54) is 30.8 Å². The zero-order valence-corrected chi connectivity index (χ0v) is 15.1. The van der Waals surface area contributed by atoms with Gasteiger partial charge in [-0.2, -0.15) is 0 Å². The summed E-state index contributed by atoms with van der Waals surface area (Å²) in [5.41, 5.74) is 1.70. The van der Waals surface area contributed by atoms with Crippen LogP contribution in [0.4, 0.5) is 15.9 Å². The summed E-state index contributed by atoms with van der Waals surface area (Å²) in [5, 5.41) is 12.0. The van der Waals surface area contributed by atoms with Crippen molar-refractivity contribution in [2.75, 3.05) is 5.32 Å². The minimum atomic E-state index is -1.13. The number of hydrogen-bond acceptors (Lipinski definition) is 4. The highest BCUT2D eigenvalue weighted by molar-refractivity contribution is 5.93. The minimum Gasteiger partial charge on any atom is -0.490 e. The number of carbonyl (C=O) groups is 1. The molecular weight excluding hydrogens is 359 g/mol. The number of aromatic carboxylic acids is 1. The number of nitrogens with one attached hydrogen (secondary N) is 1. The largest absolute Gasteiger partial charge is 0.490 e. The molecule has 2 aromatic carbocycles. The van der Waals surface area contributed by atoms with Gasteiger partial charge in [0.15, 0.2) is 0 Å². The van der Waals surface area contributed by atoms with Crippen molar-refractivity contribution < 1.29 is 19.0 Å². The van der Waals surface area contributed by atoms with E-state index in [2.05, 4.69) is 10.3 Å². The van der Waals surface area contributed by atoms with Crippen LogP contribution in [-0.4, -0.2) is 22.2 Å². The standard InChI is InChI=1S/C22H19FN2O3/c23-19-13-15(14-4-1-7-17(12-14)28-16-5-2-6-16)9-10-20(19)25-21-18(22(26)27)8-3-11-24-21/h1,3-4,7-13,16H,2,5-6H2,(H,24,25)(H,26,27). The summed E-state index contributed by atoms with van der Waals surface area (Å²) in [6.45, 7) is 0. The van der Waals surface area contributed by atoms with Crippen molar-refractivity contribution in [3.63, 3.8) is 0 Å². The van der Waals surface area contributed by atoms with E-state index < -0.39 is 11.8 Å². The van der Waals surface area contributed by atoms with Gasteiger partial charge in [0.1, 0.15) is 22.9 Å². The maximum Gasteiger partial charge on any atom is 0.339 e. The molecule has 1 fully saturated rings. The third-order valence-corrected chi connectivity index (χ3v) is 4.78. The Bertz CT molecular complexity index is 1020. The molecule has 1 heterocycles. The average molecular weight is 378 g/mol. The number of pyridine rings is 1. The Morgan fingerprint density at radius 1 is 1.11 bits per heavy atom. The first-order valence-corrected chi connectivity index (χ1v) is 9.12. The Kier molecular flexibility index (Phi) is 4.93. The highest BCUT2D eigenvalue weighted by atomic mass is 19.1. The summed E-state index contributed by atoms with van der Waals surface area (Å²) in [6.07, 6.45) is 5.08. The number of nitrogens with zero attached hydrogens (tertiary/aromatic N) is 1. The molecule has 1 saturated carbocycles. The van der Waals surface area contributed by atoms with E-state index in [0.717, 1.165) is 24.2 Å². The maximum absolute atomic E-state index is 14.7. The Hall–Kier alpha value is -3.41. The molecule has 0 spiro atoms. The molecule has 6 heteroatoms. The lowest BCUT2D eigenvalue weighted by Crippen LogP contribution is -2.24. The van der Waals surface area contributed by atoms with Gasteiger partial charge in [-0.05, 0) is 66.8 Å². The predicted molar refractivity (Wildman–Crippen MR) is 105 cm³/mol. The molecule has 0 atom stereocenters. The van der Waals surface area contributed by atoms with E-state index >= 15 is 0 Å². The van der Waals surface area contributed by atoms with Crippen molar-refractivity contribution in [2.24, 2.45) is 0 Å². The molecule has 4 rings (SSSR count). The second-order valence-corrected chi connectivity index (χ2v) is 6.72. The van der Waals surface area contributed by atoms with Crippen LogP contribution in [0.25, 0.3) is 11.1 Å². The number of halogens is 1. The van der Waals surface area contributed by atoms with Gasteiger partial charge in [-0.3, -0.25) is 0 Å². The second-order valence-electron chi connectivity index (χ2n) is 6.72. The van der Waals surface area contributed by atoms with Crippen LogP contribution < -0.4 is 10.1 Å². The van der Waals surface area contributed by atoms with Gasteiger partial charge in [-0.15, -0.1) is 0 Å². The Labute approximate surface area is 161 Å². The minimum absolute atomic E-state index is 0.0215. The fourth-order valence-corrected chi connectivity index (χ4v) is 3.03. The molecule has 0 unspecified atom stereocenters. The van der Waals surface area contributed by atoms with Crippen molar-refractivity contribution in [2.45, 2.75) is 25.4 Å². The zero-order valence-electron chi connectivity index (χ0n) is 15.1. The van der Waals surface area contributed by atoms with E-state index in [1.54, 1.807) is 12.1 Å². The van der Waals surface area contributed by atoms with Crippen LogP contribution in [0.1, 0.15) is 29.6 Å². The molecule has 5 nitrogen and oxygen atoms in total. The third kappa shape index (κ3) is 3.81. The van der Waals surface area contributed by atoms with Crippen molar-refractivity contribution >= 4 is 17.5 Å². The Morgan fingerprint density at radius 2 is 1.93 bits per heavy atom. The van der Waals surface area contributed by atoms with E-state index in [1.807, 2.05) is 24.3 Å². The quantitative estimate of drug-likeness (QED) is 0.612. The molecule has 1 aliphatic rings. The number of carboxylic acids is 1. The van der Waals surface area contributed by atoms with Crippen LogP contribution >= 0.6 is 0 Å². The molecule has 2 N–H and O–H groups in total. The van der Waals surface area contributed by atoms with Crippen LogP contribution in [0, 0.1) is 5.82 Å². The van der Waals surface area contributed by atoms with E-state index in [9.17, 15) is 14.3 Å². The lowest BCUT2D eigenvalue weighted by Gasteiger charge is -2.26. The lowest BCUT2D eigenvalue weighted by atomic mass is 9.96. The van der Waals surface area contributed by atoms with Crippen molar-refractivity contribution in [1.82, 2.24) is 4.98 Å². The van der Waals surface area contributed by atoms with E-state index in [-0.39, 0.29) is 23.2 Å². The average Bonchev–Trinajstić information content (AvgIpc) is 2.67. The highest BCUT2D eigenvalue weighted by Gasteiger charge is 2.19. The lowest BCUT2D eigenvalue weighted by molar-refractivity contribution is 0.0697. The predicted octanol–water partition coefficient (Wildman–Crippen LogP) is 5.26. The number of carboxylic acid groups (broad SMARTS) is 1. The molecule has 28 heavy (non-hydrogen) atoms. The normalized spacial score (nSPS) is 13.6. The van der Waals surface area contributed by atoms with E-state index in [4.69, 9.17) is 4.74 Å².